The Kier molecular flexibility index (Phi) is 7.20. The number of anilines is 1. The predicted molar refractivity (Wildman–Crippen MR) is 115 cm³/mol. The van der Waals surface area contributed by atoms with Crippen molar-refractivity contribution in [2.45, 2.75) is 19.3 Å². The zero-order chi connectivity index (χ0) is 19.9. The Morgan fingerprint density at radius 3 is 2.79 bits per heavy atom. The number of amides is 1. The second-order valence-electron chi connectivity index (χ2n) is 7.04. The zero-order valence-electron chi connectivity index (χ0n) is 16.4. The summed E-state index contributed by atoms with van der Waals surface area (Å²) in [6.07, 6.45) is 2.16. The van der Waals surface area contributed by atoms with Gasteiger partial charge in [0.15, 0.2) is 11.5 Å². The van der Waals surface area contributed by atoms with Crippen LogP contribution in [0.15, 0.2) is 46.9 Å². The molecule has 1 fully saturated rings. The third-order valence-electron chi connectivity index (χ3n) is 5.15. The molecule has 0 saturated carbocycles. The van der Waals surface area contributed by atoms with Crippen molar-refractivity contribution < 1.29 is 14.3 Å². The molecular weight excluding hydrogens is 420 g/mol. The number of hydrogen-bond acceptors (Lipinski definition) is 4. The van der Waals surface area contributed by atoms with Gasteiger partial charge in [-0.25, -0.2) is 0 Å². The summed E-state index contributed by atoms with van der Waals surface area (Å²) in [6.45, 7) is 2.72. The minimum atomic E-state index is 0.0748. The quantitative estimate of drug-likeness (QED) is 0.664. The van der Waals surface area contributed by atoms with Crippen LogP contribution in [-0.2, 0) is 11.2 Å². The molecule has 5 nitrogen and oxygen atoms in total. The van der Waals surface area contributed by atoms with Crippen LogP contribution in [-0.4, -0.2) is 39.8 Å². The fraction of sp³-hybridized carbons (Fsp3) is 0.409. The molecule has 28 heavy (non-hydrogen) atoms. The van der Waals surface area contributed by atoms with Crippen LogP contribution in [0.4, 0.5) is 5.69 Å². The summed E-state index contributed by atoms with van der Waals surface area (Å²) in [5.41, 5.74) is 2.21. The topological polar surface area (TPSA) is 50.8 Å². The van der Waals surface area contributed by atoms with Crippen LogP contribution < -0.4 is 19.7 Å². The number of rotatable bonds is 8. The third kappa shape index (κ3) is 5.19. The molecule has 1 amide bonds. The first-order chi connectivity index (χ1) is 13.6. The molecule has 3 rings (SSSR count). The predicted octanol–water partition coefficient (Wildman–Crippen LogP) is 4.04. The standard InChI is InChI=1S/C22H27BrN2O3/c1-27-20-8-3-5-17(22(20)28-2)9-10-21(26)24-14-16-11-12-25(15-16)19-7-4-6-18(23)13-19/h3-8,13,16H,9-12,14-15H2,1-2H3,(H,24,26). The number of hydrogen-bond donors (Lipinski definition) is 1. The summed E-state index contributed by atoms with van der Waals surface area (Å²) in [5, 5.41) is 3.10. The Morgan fingerprint density at radius 1 is 1.21 bits per heavy atom. The van der Waals surface area contributed by atoms with Crippen molar-refractivity contribution in [3.63, 3.8) is 0 Å². The largest absolute Gasteiger partial charge is 0.493 e. The van der Waals surface area contributed by atoms with E-state index < -0.39 is 0 Å². The number of carbonyl (C=O) groups is 1. The van der Waals surface area contributed by atoms with Crippen LogP contribution >= 0.6 is 15.9 Å². The summed E-state index contributed by atoms with van der Waals surface area (Å²) in [5.74, 6) is 1.96. The maximum atomic E-state index is 12.3. The maximum absolute atomic E-state index is 12.3. The molecule has 1 N–H and O–H groups in total. The van der Waals surface area contributed by atoms with E-state index in [1.165, 1.54) is 5.69 Å². The van der Waals surface area contributed by atoms with Crippen molar-refractivity contribution in [3.8, 4) is 11.5 Å². The number of ether oxygens (including phenoxy) is 2. The second-order valence-corrected chi connectivity index (χ2v) is 7.95. The highest BCUT2D eigenvalue weighted by Gasteiger charge is 2.23. The number of para-hydroxylation sites is 1. The lowest BCUT2D eigenvalue weighted by Gasteiger charge is -2.19. The van der Waals surface area contributed by atoms with Crippen molar-refractivity contribution >= 4 is 27.5 Å². The van der Waals surface area contributed by atoms with E-state index in [0.29, 0.717) is 30.3 Å². The lowest BCUT2D eigenvalue weighted by molar-refractivity contribution is -0.121. The smallest absolute Gasteiger partial charge is 0.220 e. The molecule has 0 aromatic heterocycles. The molecule has 1 atom stereocenters. The number of benzene rings is 2. The molecule has 0 bridgehead atoms. The van der Waals surface area contributed by atoms with Gasteiger partial charge in [0.1, 0.15) is 0 Å². The monoisotopic (exact) mass is 446 g/mol. The van der Waals surface area contributed by atoms with Crippen molar-refractivity contribution in [1.29, 1.82) is 0 Å². The molecule has 0 radical (unpaired) electrons. The first kappa shape index (κ1) is 20.5. The molecule has 2 aromatic carbocycles. The van der Waals surface area contributed by atoms with Crippen molar-refractivity contribution in [1.82, 2.24) is 5.32 Å². The van der Waals surface area contributed by atoms with Crippen molar-refractivity contribution in [2.24, 2.45) is 5.92 Å². The van der Waals surface area contributed by atoms with Gasteiger partial charge in [-0.2, -0.15) is 0 Å². The third-order valence-corrected chi connectivity index (χ3v) is 5.65. The Hall–Kier alpha value is -2.21. The second kappa shape index (κ2) is 9.82. The van der Waals surface area contributed by atoms with E-state index in [1.807, 2.05) is 24.3 Å². The molecule has 1 aliphatic heterocycles. The van der Waals surface area contributed by atoms with Gasteiger partial charge in [0.2, 0.25) is 5.91 Å². The van der Waals surface area contributed by atoms with E-state index in [0.717, 1.165) is 36.1 Å². The van der Waals surface area contributed by atoms with Gasteiger partial charge >= 0.3 is 0 Å². The zero-order valence-corrected chi connectivity index (χ0v) is 18.0. The number of carbonyl (C=O) groups excluding carboxylic acids is 1. The molecular formula is C22H27BrN2O3. The average Bonchev–Trinajstić information content (AvgIpc) is 3.19. The Morgan fingerprint density at radius 2 is 2.04 bits per heavy atom. The van der Waals surface area contributed by atoms with E-state index in [1.54, 1.807) is 14.2 Å². The first-order valence-electron chi connectivity index (χ1n) is 9.57. The van der Waals surface area contributed by atoms with Crippen molar-refractivity contribution in [3.05, 3.63) is 52.5 Å². The van der Waals surface area contributed by atoms with Gasteiger partial charge in [-0.3, -0.25) is 4.79 Å². The van der Waals surface area contributed by atoms with Gasteiger partial charge in [0.05, 0.1) is 14.2 Å². The van der Waals surface area contributed by atoms with E-state index in [2.05, 4.69) is 44.3 Å². The Balaban J connectivity index is 1.45. The molecule has 6 heteroatoms. The molecule has 1 aliphatic rings. The van der Waals surface area contributed by atoms with Crippen LogP contribution in [0, 0.1) is 5.92 Å². The molecule has 0 spiro atoms. The Labute approximate surface area is 175 Å². The first-order valence-corrected chi connectivity index (χ1v) is 10.4. The number of aryl methyl sites for hydroxylation is 1. The van der Waals surface area contributed by atoms with Gasteiger partial charge < -0.3 is 19.7 Å². The van der Waals surface area contributed by atoms with E-state index in [9.17, 15) is 4.79 Å². The highest BCUT2D eigenvalue weighted by molar-refractivity contribution is 9.10. The fourth-order valence-corrected chi connectivity index (χ4v) is 4.04. The SMILES string of the molecule is COc1cccc(CCC(=O)NCC2CCN(c3cccc(Br)c3)C2)c1OC. The number of halogens is 1. The molecule has 150 valence electrons. The van der Waals surface area contributed by atoms with Crippen LogP contribution in [0.25, 0.3) is 0 Å². The minimum absolute atomic E-state index is 0.0748. The number of methoxy groups -OCH3 is 2. The maximum Gasteiger partial charge on any atom is 0.220 e. The van der Waals surface area contributed by atoms with Crippen LogP contribution in [0.1, 0.15) is 18.4 Å². The molecule has 1 heterocycles. The Bertz CT molecular complexity index is 812. The molecule has 1 unspecified atom stereocenters. The van der Waals surface area contributed by atoms with E-state index >= 15 is 0 Å². The minimum Gasteiger partial charge on any atom is -0.493 e. The molecule has 0 aliphatic carbocycles. The van der Waals surface area contributed by atoms with Crippen LogP contribution in [0.3, 0.4) is 0 Å². The molecule has 2 aromatic rings. The van der Waals surface area contributed by atoms with Crippen LogP contribution in [0.2, 0.25) is 0 Å². The summed E-state index contributed by atoms with van der Waals surface area (Å²) in [7, 11) is 3.24. The lowest BCUT2D eigenvalue weighted by atomic mass is 10.1. The van der Waals surface area contributed by atoms with E-state index in [4.69, 9.17) is 9.47 Å². The number of nitrogens with one attached hydrogen (secondary N) is 1. The highest BCUT2D eigenvalue weighted by atomic mass is 79.9. The summed E-state index contributed by atoms with van der Waals surface area (Å²) in [4.78, 5) is 14.7. The van der Waals surface area contributed by atoms with Gasteiger partial charge in [-0.05, 0) is 48.6 Å². The normalized spacial score (nSPS) is 16.1. The van der Waals surface area contributed by atoms with Gasteiger partial charge in [0.25, 0.3) is 0 Å². The summed E-state index contributed by atoms with van der Waals surface area (Å²) >= 11 is 3.53. The fourth-order valence-electron chi connectivity index (χ4n) is 3.65. The summed E-state index contributed by atoms with van der Waals surface area (Å²) < 4.78 is 11.8. The highest BCUT2D eigenvalue weighted by Crippen LogP contribution is 2.31. The molecule has 1 saturated heterocycles. The number of nitrogens with zero attached hydrogens (tertiary/aromatic N) is 1. The van der Waals surface area contributed by atoms with Crippen molar-refractivity contribution in [2.75, 3.05) is 38.8 Å². The van der Waals surface area contributed by atoms with Gasteiger partial charge in [-0.15, -0.1) is 0 Å². The van der Waals surface area contributed by atoms with Gasteiger partial charge in [0, 0.05) is 36.2 Å². The van der Waals surface area contributed by atoms with E-state index in [-0.39, 0.29) is 5.91 Å². The van der Waals surface area contributed by atoms with Crippen LogP contribution in [0.5, 0.6) is 11.5 Å². The van der Waals surface area contributed by atoms with Gasteiger partial charge in [-0.1, -0.05) is 34.1 Å². The summed E-state index contributed by atoms with van der Waals surface area (Å²) in [6, 6.07) is 14.1. The average molecular weight is 447 g/mol. The lowest BCUT2D eigenvalue weighted by Crippen LogP contribution is -2.31.